The zero-order valence-electron chi connectivity index (χ0n) is 70.3. The first-order chi connectivity index (χ1) is 56.5. The largest absolute Gasteiger partial charge is 2.00 e. The van der Waals surface area contributed by atoms with Crippen LogP contribution in [0.5, 0.6) is 0 Å². The van der Waals surface area contributed by atoms with Crippen LogP contribution < -0.4 is 17.0 Å². The van der Waals surface area contributed by atoms with E-state index < -0.39 is 53.5 Å². The van der Waals surface area contributed by atoms with Gasteiger partial charge < -0.3 is 83.9 Å². The number of aliphatic hydroxyl groups is 2. The topological polar surface area (TPSA) is 356 Å². The molecule has 3 N–H and O–H groups in total. The zero-order chi connectivity index (χ0) is 83.3. The van der Waals surface area contributed by atoms with Crippen LogP contribution in [-0.2, 0) is 53.8 Å². The second kappa shape index (κ2) is 36.3. The van der Waals surface area contributed by atoms with E-state index in [-0.39, 0.29) is 64.3 Å². The number of hydrogen-bond acceptors (Lipinski definition) is 26. The molecule has 12 aromatic rings. The van der Waals surface area contributed by atoms with Crippen LogP contribution in [0.4, 0.5) is 9.59 Å². The number of ketones is 1. The average Bonchev–Trinajstić information content (AvgIpc) is 1.50. The minimum absolute atomic E-state index is 0. The van der Waals surface area contributed by atoms with Gasteiger partial charge in [-0.05, 0) is 220 Å². The minimum atomic E-state index is -1.80. The molecule has 3 aliphatic carbocycles. The van der Waals surface area contributed by atoms with Gasteiger partial charge in [-0.25, -0.2) is 45.8 Å². The van der Waals surface area contributed by atoms with Crippen molar-refractivity contribution in [2.24, 2.45) is 0 Å². The maximum absolute atomic E-state index is 13.7. The van der Waals surface area contributed by atoms with Crippen molar-refractivity contribution in [2.45, 2.75) is 214 Å². The summed E-state index contributed by atoms with van der Waals surface area (Å²) in [5, 5.41) is 37.6. The van der Waals surface area contributed by atoms with Crippen molar-refractivity contribution >= 4 is 74.1 Å². The molecule has 0 bridgehead atoms. The van der Waals surface area contributed by atoms with Gasteiger partial charge in [-0.2, -0.15) is 10.8 Å². The number of Topliss-reactive ketones (excluding diaryl/α,β-unsaturated/α-hetero) is 1. The molecule has 4 aliphatic heterocycles. The summed E-state index contributed by atoms with van der Waals surface area (Å²) in [5.74, 6) is 4.42. The number of H-pyrrole nitrogens is 1. The van der Waals surface area contributed by atoms with Gasteiger partial charge in [0, 0.05) is 93.7 Å². The van der Waals surface area contributed by atoms with Gasteiger partial charge in [0.25, 0.3) is 12.9 Å². The fourth-order valence-electron chi connectivity index (χ4n) is 15.4. The van der Waals surface area contributed by atoms with Crippen molar-refractivity contribution in [2.75, 3.05) is 46.2 Å². The van der Waals surface area contributed by atoms with E-state index in [0.717, 1.165) is 96.7 Å². The van der Waals surface area contributed by atoms with Crippen LogP contribution in [0.15, 0.2) is 105 Å². The Morgan fingerprint density at radius 2 is 0.958 bits per heavy atom. The summed E-state index contributed by atoms with van der Waals surface area (Å²) in [4.78, 5) is 71.4. The van der Waals surface area contributed by atoms with Crippen molar-refractivity contribution < 1.29 is 97.8 Å². The molecule has 13 heterocycles. The van der Waals surface area contributed by atoms with Crippen molar-refractivity contribution in [3.63, 3.8) is 0 Å². The zero-order valence-corrected chi connectivity index (χ0v) is 73.3. The Kier molecular flexibility index (Phi) is 26.7. The molecule has 3 atom stereocenters. The number of pyridine rings is 3. The molecule has 9 aromatic heterocycles. The molecular formula is C89H100BrMgN12O17+. The van der Waals surface area contributed by atoms with Crippen LogP contribution in [0.1, 0.15) is 212 Å². The number of carbonyl (C=O) groups is 3. The molecule has 19 rings (SSSR count). The SMILES string of the molecule is C1CCOC1.Cc1[c-]cccn1.Cc1ncccc1C(O)(c1cc(-c2c(C)noc2C)cc2[nH]c(C3CC3)nc12)C1OCCO1.Cc1ncccc1C(O)(c1cc(-c2c(C)noc2C)cc2c1nc(C1CC1)n2C(=O)OC(C)(C)C)C1OCCO1.Cc1noc(C)c1-c1cc(C(=O)C2O[CH+]CO2)c2nc(C3CC3)n(C(=O)OC(C)(C)C)c2c1.[Br-].[Mg+2]. The number of imidazole rings is 3. The molecule has 3 saturated carbocycles. The number of aromatic amines is 1. The molecule has 4 saturated heterocycles. The van der Waals surface area contributed by atoms with Crippen molar-refractivity contribution in [3.8, 4) is 33.4 Å². The van der Waals surface area contributed by atoms with Gasteiger partial charge in [0.15, 0.2) is 23.8 Å². The molecule has 3 unspecified atom stereocenters. The first kappa shape index (κ1) is 88.3. The van der Waals surface area contributed by atoms with Crippen molar-refractivity contribution in [3.05, 3.63) is 201 Å². The first-order valence-electron chi connectivity index (χ1n) is 40.2. The van der Waals surface area contributed by atoms with Gasteiger partial charge in [0.05, 0.1) is 76.7 Å². The summed E-state index contributed by atoms with van der Waals surface area (Å²) in [5.41, 5.74) is 10.3. The number of carbonyl (C=O) groups excluding carboxylic acids is 3. The van der Waals surface area contributed by atoms with Gasteiger partial charge in [-0.1, -0.05) is 39.5 Å². The molecule has 31 heteroatoms. The van der Waals surface area contributed by atoms with Crippen LogP contribution in [-0.4, -0.2) is 187 Å². The minimum Gasteiger partial charge on any atom is -1.00 e. The molecule has 0 radical (unpaired) electrons. The third kappa shape index (κ3) is 18.5. The number of ether oxygens (including phenoxy) is 9. The Bertz CT molecular complexity index is 5620. The number of nitrogens with zero attached hydrogens (tertiary/aromatic N) is 11. The number of nitrogens with one attached hydrogen (secondary N) is 1. The van der Waals surface area contributed by atoms with Gasteiger partial charge in [0.1, 0.15) is 51.5 Å². The van der Waals surface area contributed by atoms with Gasteiger partial charge in [-0.3, -0.25) is 19.5 Å². The van der Waals surface area contributed by atoms with E-state index in [9.17, 15) is 24.6 Å². The second-order valence-electron chi connectivity index (χ2n) is 32.8. The number of benzene rings is 3. The van der Waals surface area contributed by atoms with Crippen LogP contribution in [0.3, 0.4) is 0 Å². The Labute approximate surface area is 721 Å². The van der Waals surface area contributed by atoms with Crippen molar-refractivity contribution in [1.82, 2.24) is 59.5 Å². The molecular weight excluding hydrogens is 1610 g/mol. The number of aromatic nitrogens is 12. The molecule has 120 heavy (non-hydrogen) atoms. The van der Waals surface area contributed by atoms with E-state index in [1.54, 1.807) is 42.2 Å². The second-order valence-corrected chi connectivity index (χ2v) is 32.8. The maximum atomic E-state index is 13.7. The smallest absolute Gasteiger partial charge is 1.00 e. The summed E-state index contributed by atoms with van der Waals surface area (Å²) in [7, 11) is 0. The van der Waals surface area contributed by atoms with Gasteiger partial charge in [-0.15, -0.1) is 0 Å². The Morgan fingerprint density at radius 1 is 0.517 bits per heavy atom. The van der Waals surface area contributed by atoms with E-state index in [0.29, 0.717) is 151 Å². The normalized spacial score (nSPS) is 17.7. The molecule has 0 spiro atoms. The van der Waals surface area contributed by atoms with Crippen LogP contribution in [0, 0.1) is 75.0 Å². The van der Waals surface area contributed by atoms with Gasteiger partial charge in [0.2, 0.25) is 12.4 Å². The maximum Gasteiger partial charge on any atom is 2.00 e. The van der Waals surface area contributed by atoms with Crippen LogP contribution >= 0.6 is 0 Å². The fraction of sp³-hybridized carbons (Fsp3) is 0.449. The van der Waals surface area contributed by atoms with E-state index in [1.807, 2.05) is 152 Å². The average molecular weight is 1710 g/mol. The molecule has 626 valence electrons. The van der Waals surface area contributed by atoms with E-state index in [4.69, 9.17) is 71.2 Å². The quantitative estimate of drug-likeness (QED) is 0.0517. The monoisotopic (exact) mass is 1710 g/mol. The number of rotatable bonds is 14. The molecule has 7 aliphatic rings. The Morgan fingerprint density at radius 3 is 1.34 bits per heavy atom. The third-order valence-corrected chi connectivity index (χ3v) is 21.3. The Hall–Kier alpha value is -9.48. The van der Waals surface area contributed by atoms with Gasteiger partial charge >= 0.3 is 35.2 Å². The predicted molar refractivity (Wildman–Crippen MR) is 438 cm³/mol. The number of halogens is 1. The number of fused-ring (bicyclic) bond motifs is 3. The van der Waals surface area contributed by atoms with E-state index >= 15 is 0 Å². The summed E-state index contributed by atoms with van der Waals surface area (Å²) in [6.07, 6.45) is 9.62. The summed E-state index contributed by atoms with van der Waals surface area (Å²) >= 11 is 0. The summed E-state index contributed by atoms with van der Waals surface area (Å²) < 4.78 is 70.4. The van der Waals surface area contributed by atoms with Crippen molar-refractivity contribution in [1.29, 1.82) is 0 Å². The van der Waals surface area contributed by atoms with Crippen LogP contribution in [0.2, 0.25) is 0 Å². The van der Waals surface area contributed by atoms with E-state index in [1.165, 1.54) is 24.0 Å². The Balaban J connectivity index is 0.000000144. The molecule has 29 nitrogen and oxygen atoms in total. The number of aryl methyl sites for hydroxylation is 9. The molecule has 3 aromatic carbocycles. The summed E-state index contributed by atoms with van der Waals surface area (Å²) in [6.45, 7) is 32.9. The fourth-order valence-corrected chi connectivity index (χ4v) is 15.4. The predicted octanol–water partition coefficient (Wildman–Crippen LogP) is 12.6. The third-order valence-electron chi connectivity index (χ3n) is 21.3. The molecule has 7 fully saturated rings. The van der Waals surface area contributed by atoms with E-state index in [2.05, 4.69) is 47.5 Å². The standard InChI is InChI=1S/C30H34N4O6.C25H26N4O4.C24H26N3O6.C6H6N.C4H8O.BrH.Mg/c1-16-21(8-7-11-31-16)30(36,27-37-12-13-38-27)22-14-20(24-17(2)33-40-18(24)3)15-23-25(22)32-26(19-9-10-19)34(23)28(35)39-29(4,5)6;1-13-18(5-4-8-26-13)25(30,24-31-9-10-32-24)19-11-17(21-14(2)29-33-15(21)3)12-20-22(19)28-23(27-20)16-6-7-16;1-12-18(13(2)33-26-12)15-10-16(20(28)22-30-8-9-31-22)19-17(11-15)27(21(25-19)14-6-7-14)23(29)32-24(3,4)5;1-6-4-2-3-5-7-6;1-2-4-5-3-1;;/h7-8,11,14-15,19,27,36H,9-10,12-13H2,1-6H3;4-5,8,11-12,16,24,30H,6-7,9-10H2,1-3H3,(H,27,28);8,10-11,14,22H,6-7,9H2,1-5H3;2-3,5H,1H3;1-4H2;1H;/q;;+1;-1;;;+2/p-1. The number of hydrogen-bond donors (Lipinski definition) is 3. The first-order valence-corrected chi connectivity index (χ1v) is 40.2. The molecule has 0 amide bonds. The summed E-state index contributed by atoms with van der Waals surface area (Å²) in [6, 6.07) is 25.3. The van der Waals surface area contributed by atoms with Crippen LogP contribution in [0.25, 0.3) is 66.5 Å².